The van der Waals surface area contributed by atoms with Gasteiger partial charge < -0.3 is 5.11 Å². The molecule has 0 unspecified atom stereocenters. The quantitative estimate of drug-likeness (QED) is 0.896. The third-order valence-electron chi connectivity index (χ3n) is 2.48. The molecule has 0 spiro atoms. The Hall–Kier alpha value is -2.41. The maximum atomic E-state index is 11.2. The molecule has 0 amide bonds. The molecule has 0 aliphatic rings. The van der Waals surface area contributed by atoms with E-state index in [4.69, 9.17) is 5.11 Å². The minimum absolute atomic E-state index is 0.0424. The molecule has 1 aromatic carbocycles. The highest BCUT2D eigenvalue weighted by molar-refractivity contribution is 7.92. The van der Waals surface area contributed by atoms with Gasteiger partial charge in [-0.05, 0) is 23.8 Å². The van der Waals surface area contributed by atoms with E-state index in [2.05, 4.69) is 9.71 Å². The van der Waals surface area contributed by atoms with Crippen LogP contribution in [-0.2, 0) is 10.0 Å². The standard InChI is InChI=1S/C13H12N2O4S/c1-20(18,19)15-11-4-2-3-9(7-11)10-5-6-12(13(16)17)14-8-10/h2-8,15H,1H3,(H,16,17). The molecule has 1 aromatic heterocycles. The molecule has 2 N–H and O–H groups in total. The van der Waals surface area contributed by atoms with Crippen LogP contribution < -0.4 is 4.72 Å². The van der Waals surface area contributed by atoms with Crippen molar-refractivity contribution in [3.8, 4) is 11.1 Å². The van der Waals surface area contributed by atoms with Crippen molar-refractivity contribution in [1.82, 2.24) is 4.98 Å². The number of carbonyl (C=O) groups is 1. The summed E-state index contributed by atoms with van der Waals surface area (Å²) in [6.07, 6.45) is 2.51. The average molecular weight is 292 g/mol. The molecular weight excluding hydrogens is 280 g/mol. The lowest BCUT2D eigenvalue weighted by Crippen LogP contribution is -2.09. The predicted molar refractivity (Wildman–Crippen MR) is 75.1 cm³/mol. The van der Waals surface area contributed by atoms with Crippen LogP contribution in [0.3, 0.4) is 0 Å². The zero-order valence-electron chi connectivity index (χ0n) is 10.6. The van der Waals surface area contributed by atoms with E-state index in [1.54, 1.807) is 30.3 Å². The van der Waals surface area contributed by atoms with Crippen LogP contribution in [0.25, 0.3) is 11.1 Å². The maximum absolute atomic E-state index is 11.2. The Kier molecular flexibility index (Phi) is 3.71. The SMILES string of the molecule is CS(=O)(=O)Nc1cccc(-c2ccc(C(=O)O)nc2)c1. The summed E-state index contributed by atoms with van der Waals surface area (Å²) in [5.74, 6) is -1.09. The van der Waals surface area contributed by atoms with Gasteiger partial charge in [0, 0.05) is 17.4 Å². The van der Waals surface area contributed by atoms with Crippen LogP contribution in [0.5, 0.6) is 0 Å². The van der Waals surface area contributed by atoms with Crippen molar-refractivity contribution in [3.05, 3.63) is 48.3 Å². The van der Waals surface area contributed by atoms with E-state index in [0.29, 0.717) is 11.3 Å². The van der Waals surface area contributed by atoms with E-state index in [0.717, 1.165) is 11.8 Å². The third kappa shape index (κ3) is 3.55. The van der Waals surface area contributed by atoms with E-state index >= 15 is 0 Å². The number of hydrogen-bond donors (Lipinski definition) is 2. The summed E-state index contributed by atoms with van der Waals surface area (Å²) in [7, 11) is -3.34. The second-order valence-corrected chi connectivity index (χ2v) is 5.94. The highest BCUT2D eigenvalue weighted by Crippen LogP contribution is 2.22. The fourth-order valence-electron chi connectivity index (χ4n) is 1.67. The van der Waals surface area contributed by atoms with Crippen LogP contribution in [0.4, 0.5) is 5.69 Å². The second kappa shape index (κ2) is 5.30. The molecule has 0 saturated heterocycles. The highest BCUT2D eigenvalue weighted by Gasteiger charge is 2.06. The fourth-order valence-corrected chi connectivity index (χ4v) is 2.22. The van der Waals surface area contributed by atoms with Gasteiger partial charge in [0.1, 0.15) is 5.69 Å². The zero-order valence-corrected chi connectivity index (χ0v) is 11.4. The predicted octanol–water partition coefficient (Wildman–Crippen LogP) is 1.82. The number of carboxylic acids is 1. The van der Waals surface area contributed by atoms with Crippen molar-refractivity contribution in [2.45, 2.75) is 0 Å². The molecular formula is C13H12N2O4S. The van der Waals surface area contributed by atoms with Gasteiger partial charge in [-0.3, -0.25) is 4.72 Å². The van der Waals surface area contributed by atoms with E-state index in [9.17, 15) is 13.2 Å². The summed E-state index contributed by atoms with van der Waals surface area (Å²) in [5, 5.41) is 8.78. The van der Waals surface area contributed by atoms with Gasteiger partial charge in [0.25, 0.3) is 0 Å². The number of pyridine rings is 1. The highest BCUT2D eigenvalue weighted by atomic mass is 32.2. The number of carboxylic acid groups (broad SMARTS) is 1. The fraction of sp³-hybridized carbons (Fsp3) is 0.0769. The number of aromatic carboxylic acids is 1. The lowest BCUT2D eigenvalue weighted by Gasteiger charge is -2.07. The molecule has 0 aliphatic heterocycles. The second-order valence-electron chi connectivity index (χ2n) is 4.19. The van der Waals surface area contributed by atoms with Crippen LogP contribution in [0.15, 0.2) is 42.6 Å². The van der Waals surface area contributed by atoms with Gasteiger partial charge in [-0.15, -0.1) is 0 Å². The molecule has 0 aliphatic carbocycles. The number of nitrogens with zero attached hydrogens (tertiary/aromatic N) is 1. The number of sulfonamides is 1. The lowest BCUT2D eigenvalue weighted by molar-refractivity contribution is 0.0690. The zero-order chi connectivity index (χ0) is 14.8. The molecule has 0 radical (unpaired) electrons. The van der Waals surface area contributed by atoms with Crippen LogP contribution in [0, 0.1) is 0 Å². The smallest absolute Gasteiger partial charge is 0.354 e. The number of aromatic nitrogens is 1. The van der Waals surface area contributed by atoms with Crippen molar-refractivity contribution < 1.29 is 18.3 Å². The summed E-state index contributed by atoms with van der Waals surface area (Å²) in [6, 6.07) is 9.78. The van der Waals surface area contributed by atoms with Crippen molar-refractivity contribution in [3.63, 3.8) is 0 Å². The van der Waals surface area contributed by atoms with Gasteiger partial charge in [-0.2, -0.15) is 0 Å². The molecule has 7 heteroatoms. The van der Waals surface area contributed by atoms with Gasteiger partial charge in [0.2, 0.25) is 10.0 Å². The Bertz CT molecular complexity index is 739. The minimum atomic E-state index is -3.34. The van der Waals surface area contributed by atoms with Gasteiger partial charge in [-0.1, -0.05) is 18.2 Å². The number of hydrogen-bond acceptors (Lipinski definition) is 4. The Balaban J connectivity index is 2.33. The summed E-state index contributed by atoms with van der Waals surface area (Å²) in [5.41, 5.74) is 1.83. The first-order valence-corrected chi connectivity index (χ1v) is 7.52. The summed E-state index contributed by atoms with van der Waals surface area (Å²) in [4.78, 5) is 14.5. The van der Waals surface area contributed by atoms with Crippen LogP contribution in [0.1, 0.15) is 10.5 Å². The monoisotopic (exact) mass is 292 g/mol. The first-order chi connectivity index (χ1) is 9.35. The summed E-state index contributed by atoms with van der Waals surface area (Å²) < 4.78 is 24.7. The summed E-state index contributed by atoms with van der Waals surface area (Å²) in [6.45, 7) is 0. The van der Waals surface area contributed by atoms with Gasteiger partial charge >= 0.3 is 5.97 Å². The molecule has 0 atom stereocenters. The van der Waals surface area contributed by atoms with Gasteiger partial charge in [0.15, 0.2) is 0 Å². The van der Waals surface area contributed by atoms with Crippen molar-refractivity contribution in [2.24, 2.45) is 0 Å². The topological polar surface area (TPSA) is 96.4 Å². The van der Waals surface area contributed by atoms with Crippen molar-refractivity contribution >= 4 is 21.7 Å². The molecule has 2 aromatic rings. The number of rotatable bonds is 4. The largest absolute Gasteiger partial charge is 0.477 e. The van der Waals surface area contributed by atoms with E-state index in [1.165, 1.54) is 12.3 Å². The first-order valence-electron chi connectivity index (χ1n) is 5.63. The molecule has 104 valence electrons. The molecule has 20 heavy (non-hydrogen) atoms. The minimum Gasteiger partial charge on any atom is -0.477 e. The Morgan fingerprint density at radius 2 is 1.95 bits per heavy atom. The number of benzene rings is 1. The van der Waals surface area contributed by atoms with Crippen LogP contribution in [0.2, 0.25) is 0 Å². The summed E-state index contributed by atoms with van der Waals surface area (Å²) >= 11 is 0. The molecule has 6 nitrogen and oxygen atoms in total. The van der Waals surface area contributed by atoms with E-state index < -0.39 is 16.0 Å². The first kappa shape index (κ1) is 14.0. The maximum Gasteiger partial charge on any atom is 0.354 e. The van der Waals surface area contributed by atoms with Crippen molar-refractivity contribution in [2.75, 3.05) is 11.0 Å². The van der Waals surface area contributed by atoms with Crippen LogP contribution >= 0.6 is 0 Å². The normalized spacial score (nSPS) is 11.1. The molecule has 0 bridgehead atoms. The Labute approximate surface area is 116 Å². The molecule has 0 saturated carbocycles. The Morgan fingerprint density at radius 3 is 2.50 bits per heavy atom. The van der Waals surface area contributed by atoms with Crippen molar-refractivity contribution in [1.29, 1.82) is 0 Å². The lowest BCUT2D eigenvalue weighted by atomic mass is 10.1. The molecule has 0 fully saturated rings. The number of nitrogens with one attached hydrogen (secondary N) is 1. The molecule has 2 rings (SSSR count). The van der Waals surface area contributed by atoms with E-state index in [1.807, 2.05) is 0 Å². The van der Waals surface area contributed by atoms with Crippen LogP contribution in [-0.4, -0.2) is 30.7 Å². The Morgan fingerprint density at radius 1 is 1.20 bits per heavy atom. The van der Waals surface area contributed by atoms with E-state index in [-0.39, 0.29) is 5.69 Å². The van der Waals surface area contributed by atoms with Gasteiger partial charge in [0.05, 0.1) is 6.26 Å². The average Bonchev–Trinajstić information content (AvgIpc) is 2.37. The third-order valence-corrected chi connectivity index (χ3v) is 3.09. The van der Waals surface area contributed by atoms with Gasteiger partial charge in [-0.25, -0.2) is 18.2 Å². The number of anilines is 1. The molecule has 1 heterocycles.